The molecule has 0 saturated heterocycles. The minimum absolute atomic E-state index is 0.144. The molecule has 0 aliphatic heterocycles. The van der Waals surface area contributed by atoms with Crippen molar-refractivity contribution in [3.8, 4) is 0 Å². The zero-order chi connectivity index (χ0) is 22.0. The summed E-state index contributed by atoms with van der Waals surface area (Å²) in [4.78, 5) is 37.3. The molecule has 2 N–H and O–H groups in total. The Hall–Kier alpha value is -2.57. The molecule has 0 aromatic heterocycles. The van der Waals surface area contributed by atoms with E-state index in [-0.39, 0.29) is 5.92 Å². The third kappa shape index (κ3) is 8.98. The molecule has 0 bridgehead atoms. The Bertz CT molecular complexity index is 670. The number of hydrogen-bond acceptors (Lipinski definition) is 5. The van der Waals surface area contributed by atoms with E-state index in [9.17, 15) is 14.4 Å². The number of rotatable bonds is 9. The lowest BCUT2D eigenvalue weighted by Gasteiger charge is -2.27. The molecular weight excluding hydrogens is 372 g/mol. The summed E-state index contributed by atoms with van der Waals surface area (Å²) in [6.45, 7) is 9.04. The number of carbonyl (C=O) groups is 3. The van der Waals surface area contributed by atoms with Crippen LogP contribution < -0.4 is 10.6 Å². The molecule has 1 unspecified atom stereocenters. The molecular formula is C22H34N2O5. The van der Waals surface area contributed by atoms with Gasteiger partial charge in [-0.15, -0.1) is 0 Å². The maximum absolute atomic E-state index is 12.9. The highest BCUT2D eigenvalue weighted by molar-refractivity contribution is 5.89. The molecule has 1 aromatic rings. The van der Waals surface area contributed by atoms with E-state index in [1.807, 2.05) is 44.2 Å². The molecule has 0 radical (unpaired) electrons. The van der Waals surface area contributed by atoms with Crippen molar-refractivity contribution in [2.75, 3.05) is 7.11 Å². The largest absolute Gasteiger partial charge is 0.467 e. The Morgan fingerprint density at radius 2 is 1.69 bits per heavy atom. The molecule has 162 valence electrons. The van der Waals surface area contributed by atoms with E-state index in [1.165, 1.54) is 7.11 Å². The van der Waals surface area contributed by atoms with Crippen molar-refractivity contribution in [1.29, 1.82) is 0 Å². The van der Waals surface area contributed by atoms with Crippen LogP contribution in [0.2, 0.25) is 0 Å². The molecule has 0 spiro atoms. The molecule has 1 aromatic carbocycles. The average molecular weight is 407 g/mol. The summed E-state index contributed by atoms with van der Waals surface area (Å²) in [5.74, 6) is -1.10. The summed E-state index contributed by atoms with van der Waals surface area (Å²) in [5.41, 5.74) is 0.381. The van der Waals surface area contributed by atoms with Gasteiger partial charge in [0.15, 0.2) is 0 Å². The first-order chi connectivity index (χ1) is 13.6. The molecule has 0 aliphatic carbocycles. The maximum Gasteiger partial charge on any atom is 0.408 e. The van der Waals surface area contributed by atoms with Crippen molar-refractivity contribution in [3.63, 3.8) is 0 Å². The van der Waals surface area contributed by atoms with E-state index in [1.54, 1.807) is 20.8 Å². The molecule has 1 rings (SSSR count). The van der Waals surface area contributed by atoms with Gasteiger partial charge in [0.2, 0.25) is 5.91 Å². The van der Waals surface area contributed by atoms with Crippen LogP contribution in [0.25, 0.3) is 0 Å². The predicted octanol–water partition coefficient (Wildman–Crippen LogP) is 3.22. The predicted molar refractivity (Wildman–Crippen MR) is 111 cm³/mol. The van der Waals surface area contributed by atoms with Crippen LogP contribution in [0.1, 0.15) is 53.0 Å². The van der Waals surface area contributed by atoms with Crippen LogP contribution in [0.4, 0.5) is 4.79 Å². The fourth-order valence-corrected chi connectivity index (χ4v) is 2.74. The van der Waals surface area contributed by atoms with Gasteiger partial charge in [-0.3, -0.25) is 4.79 Å². The normalized spacial score (nSPS) is 14.3. The average Bonchev–Trinajstić information content (AvgIpc) is 2.67. The molecule has 29 heavy (non-hydrogen) atoms. The van der Waals surface area contributed by atoms with Gasteiger partial charge in [-0.1, -0.05) is 50.6 Å². The second-order valence-corrected chi connectivity index (χ2v) is 8.12. The highest BCUT2D eigenvalue weighted by atomic mass is 16.6. The monoisotopic (exact) mass is 406 g/mol. The van der Waals surface area contributed by atoms with E-state index >= 15 is 0 Å². The lowest BCUT2D eigenvalue weighted by Crippen LogP contribution is -2.55. The number of benzene rings is 1. The number of methoxy groups -OCH3 is 1. The zero-order valence-corrected chi connectivity index (χ0v) is 18.3. The van der Waals surface area contributed by atoms with Crippen LogP contribution in [-0.4, -0.2) is 42.8 Å². The summed E-state index contributed by atoms with van der Waals surface area (Å²) >= 11 is 0. The Balaban J connectivity index is 2.85. The Labute approximate surface area is 173 Å². The van der Waals surface area contributed by atoms with Gasteiger partial charge < -0.3 is 20.1 Å². The fraction of sp³-hybridized carbons (Fsp3) is 0.591. The van der Waals surface area contributed by atoms with Gasteiger partial charge in [0.05, 0.1) is 7.11 Å². The van der Waals surface area contributed by atoms with Crippen LogP contribution in [0, 0.1) is 5.92 Å². The van der Waals surface area contributed by atoms with Crippen molar-refractivity contribution in [2.24, 2.45) is 5.92 Å². The van der Waals surface area contributed by atoms with Gasteiger partial charge in [-0.05, 0) is 45.1 Å². The van der Waals surface area contributed by atoms with Crippen LogP contribution in [-0.2, 0) is 25.5 Å². The number of aryl methyl sites for hydroxylation is 1. The van der Waals surface area contributed by atoms with E-state index < -0.39 is 35.7 Å². The number of esters is 1. The van der Waals surface area contributed by atoms with Crippen molar-refractivity contribution < 1.29 is 23.9 Å². The molecule has 7 heteroatoms. The van der Waals surface area contributed by atoms with Gasteiger partial charge in [-0.2, -0.15) is 0 Å². The smallest absolute Gasteiger partial charge is 0.408 e. The van der Waals surface area contributed by atoms with Crippen molar-refractivity contribution >= 4 is 18.0 Å². The fourth-order valence-electron chi connectivity index (χ4n) is 2.74. The molecule has 7 nitrogen and oxygen atoms in total. The Kier molecular flexibility index (Phi) is 9.65. The van der Waals surface area contributed by atoms with Gasteiger partial charge in [-0.25, -0.2) is 9.59 Å². The van der Waals surface area contributed by atoms with Crippen LogP contribution in [0.5, 0.6) is 0 Å². The first-order valence-corrected chi connectivity index (χ1v) is 9.99. The minimum Gasteiger partial charge on any atom is -0.467 e. The molecule has 2 amide bonds. The van der Waals surface area contributed by atoms with E-state index in [2.05, 4.69) is 10.6 Å². The highest BCUT2D eigenvalue weighted by Gasteiger charge is 2.31. The quantitative estimate of drug-likeness (QED) is 0.614. The number of nitrogens with one attached hydrogen (secondary N) is 2. The van der Waals surface area contributed by atoms with Crippen molar-refractivity contribution in [1.82, 2.24) is 10.6 Å². The first kappa shape index (κ1) is 24.5. The van der Waals surface area contributed by atoms with Crippen LogP contribution in [0.15, 0.2) is 30.3 Å². The molecule has 0 saturated carbocycles. The second kappa shape index (κ2) is 11.4. The minimum atomic E-state index is -0.821. The van der Waals surface area contributed by atoms with Crippen LogP contribution in [0.3, 0.4) is 0 Å². The molecule has 0 heterocycles. The third-order valence-electron chi connectivity index (χ3n) is 4.53. The van der Waals surface area contributed by atoms with E-state index in [4.69, 9.17) is 9.47 Å². The second-order valence-electron chi connectivity index (χ2n) is 8.12. The topological polar surface area (TPSA) is 93.7 Å². The Morgan fingerprint density at radius 1 is 1.07 bits per heavy atom. The number of alkyl carbamates (subject to hydrolysis) is 1. The lowest BCUT2D eigenvalue weighted by atomic mass is 9.97. The third-order valence-corrected chi connectivity index (χ3v) is 4.53. The van der Waals surface area contributed by atoms with Crippen molar-refractivity contribution in [3.05, 3.63) is 35.9 Å². The summed E-state index contributed by atoms with van der Waals surface area (Å²) in [6, 6.07) is 8.06. The summed E-state index contributed by atoms with van der Waals surface area (Å²) < 4.78 is 10.1. The number of amides is 2. The molecule has 0 aliphatic rings. The van der Waals surface area contributed by atoms with Gasteiger partial charge in [0.25, 0.3) is 0 Å². The molecule has 0 fully saturated rings. The SMILES string of the molecule is CCC(C)[C@H](NC(=O)OC(C)(C)C)C(=O)N[C@@H](CCc1ccccc1)C(=O)OC. The number of ether oxygens (including phenoxy) is 2. The van der Waals surface area contributed by atoms with E-state index in [0.717, 1.165) is 5.56 Å². The van der Waals surface area contributed by atoms with Crippen LogP contribution >= 0.6 is 0 Å². The molecule has 3 atom stereocenters. The van der Waals surface area contributed by atoms with E-state index in [0.29, 0.717) is 19.3 Å². The highest BCUT2D eigenvalue weighted by Crippen LogP contribution is 2.13. The first-order valence-electron chi connectivity index (χ1n) is 9.99. The van der Waals surface area contributed by atoms with Crippen molar-refractivity contribution in [2.45, 2.75) is 71.6 Å². The lowest BCUT2D eigenvalue weighted by molar-refractivity contribution is -0.145. The summed E-state index contributed by atoms with van der Waals surface area (Å²) in [6.07, 6.45) is 0.994. The van der Waals surface area contributed by atoms with Gasteiger partial charge in [0.1, 0.15) is 17.7 Å². The zero-order valence-electron chi connectivity index (χ0n) is 18.3. The Morgan fingerprint density at radius 3 is 2.21 bits per heavy atom. The van der Waals surface area contributed by atoms with Gasteiger partial charge in [0, 0.05) is 0 Å². The number of hydrogen-bond donors (Lipinski definition) is 2. The summed E-state index contributed by atoms with van der Waals surface area (Å²) in [5, 5.41) is 5.37. The number of carbonyl (C=O) groups excluding carboxylic acids is 3. The van der Waals surface area contributed by atoms with Gasteiger partial charge >= 0.3 is 12.1 Å². The maximum atomic E-state index is 12.9. The summed E-state index contributed by atoms with van der Waals surface area (Å²) in [7, 11) is 1.29. The standard InChI is InChI=1S/C22H34N2O5/c1-7-15(2)18(24-21(27)29-22(3,4)5)19(25)23-17(20(26)28-6)14-13-16-11-9-8-10-12-16/h8-12,15,17-18H,7,13-14H2,1-6H3,(H,23,25)(H,24,27)/t15?,17-,18-/m0/s1.